The first-order chi connectivity index (χ1) is 15.7. The van der Waals surface area contributed by atoms with Crippen LogP contribution in [0.4, 0.5) is 32.0 Å². The van der Waals surface area contributed by atoms with E-state index in [9.17, 15) is 31.4 Å². The summed E-state index contributed by atoms with van der Waals surface area (Å²) in [7, 11) is 0. The zero-order chi connectivity index (χ0) is 25.1. The summed E-state index contributed by atoms with van der Waals surface area (Å²) in [5.41, 5.74) is -4.19. The van der Waals surface area contributed by atoms with Gasteiger partial charge in [-0.05, 0) is 56.2 Å². The summed E-state index contributed by atoms with van der Waals surface area (Å²) in [5.74, 6) is 0.901. The number of oxazole rings is 1. The van der Waals surface area contributed by atoms with Crippen molar-refractivity contribution in [2.45, 2.75) is 50.8 Å². The average Bonchev–Trinajstić information content (AvgIpc) is 3.25. The van der Waals surface area contributed by atoms with Crippen molar-refractivity contribution in [2.75, 3.05) is 4.90 Å². The van der Waals surface area contributed by atoms with Gasteiger partial charge in [-0.1, -0.05) is 23.7 Å². The van der Waals surface area contributed by atoms with Crippen LogP contribution in [-0.2, 0) is 18.6 Å². The van der Waals surface area contributed by atoms with Gasteiger partial charge in [-0.3, -0.25) is 0 Å². The molecule has 1 aromatic heterocycles. The Balaban J connectivity index is 1.65. The van der Waals surface area contributed by atoms with Crippen molar-refractivity contribution in [3.05, 3.63) is 70.1 Å². The molecule has 1 aliphatic heterocycles. The van der Waals surface area contributed by atoms with Crippen LogP contribution in [0.15, 0.2) is 46.9 Å². The minimum absolute atomic E-state index is 0.204. The second-order valence-corrected chi connectivity index (χ2v) is 8.70. The van der Waals surface area contributed by atoms with E-state index in [-0.39, 0.29) is 24.6 Å². The van der Waals surface area contributed by atoms with Crippen molar-refractivity contribution in [3.63, 3.8) is 0 Å². The van der Waals surface area contributed by atoms with Crippen molar-refractivity contribution >= 4 is 17.3 Å². The minimum atomic E-state index is -5.93. The van der Waals surface area contributed by atoms with Gasteiger partial charge < -0.3 is 14.4 Å². The van der Waals surface area contributed by atoms with Crippen molar-refractivity contribution in [2.24, 2.45) is 0 Å². The highest BCUT2D eigenvalue weighted by molar-refractivity contribution is 6.30. The third kappa shape index (κ3) is 4.02. The summed E-state index contributed by atoms with van der Waals surface area (Å²) in [5, 5.41) is 10.3. The van der Waals surface area contributed by atoms with E-state index in [0.29, 0.717) is 39.7 Å². The number of fused-ring (bicyclic) bond motifs is 1. The Kier molecular flexibility index (Phi) is 5.88. The molecule has 0 radical (unpaired) electrons. The fourth-order valence-corrected chi connectivity index (χ4v) is 4.23. The quantitative estimate of drug-likeness (QED) is 0.408. The second-order valence-electron chi connectivity index (χ2n) is 8.26. The minimum Gasteiger partial charge on any atom is -0.441 e. The standard InChI is InChI=1S/C23H19ClF6N2O2/c1-12-9-15-10-16(21(33,22(25,26)27)23(28,29)30)5-8-19(15)32(12)11-18-13(2)34-20(31-18)14-3-6-17(24)7-4-14/h3-8,10,12,33H,9,11H2,1-2H3. The summed E-state index contributed by atoms with van der Waals surface area (Å²) >= 11 is 5.90. The van der Waals surface area contributed by atoms with E-state index < -0.39 is 23.5 Å². The van der Waals surface area contributed by atoms with E-state index in [1.165, 1.54) is 6.07 Å². The molecule has 182 valence electrons. The number of halogens is 7. The highest BCUT2D eigenvalue weighted by Crippen LogP contribution is 2.51. The van der Waals surface area contributed by atoms with Gasteiger partial charge in [0.05, 0.1) is 6.54 Å². The molecule has 1 N–H and O–H groups in total. The third-order valence-electron chi connectivity index (χ3n) is 5.98. The number of aromatic nitrogens is 1. The molecule has 4 rings (SSSR count). The first-order valence-electron chi connectivity index (χ1n) is 10.2. The molecule has 1 aliphatic rings. The van der Waals surface area contributed by atoms with Crippen LogP contribution in [0.1, 0.15) is 29.5 Å². The summed E-state index contributed by atoms with van der Waals surface area (Å²) in [6, 6.07) is 9.26. The van der Waals surface area contributed by atoms with Crippen LogP contribution in [0.5, 0.6) is 0 Å². The van der Waals surface area contributed by atoms with Crippen LogP contribution in [0.25, 0.3) is 11.5 Å². The Labute approximate surface area is 195 Å². The average molecular weight is 505 g/mol. The summed E-state index contributed by atoms with van der Waals surface area (Å²) in [6.07, 6.45) is -11.7. The van der Waals surface area contributed by atoms with Crippen LogP contribution >= 0.6 is 11.6 Å². The van der Waals surface area contributed by atoms with E-state index in [4.69, 9.17) is 16.0 Å². The Morgan fingerprint density at radius 1 is 1.06 bits per heavy atom. The Morgan fingerprint density at radius 3 is 2.26 bits per heavy atom. The second kappa shape index (κ2) is 8.20. The molecule has 11 heteroatoms. The van der Waals surface area contributed by atoms with Gasteiger partial charge in [0.2, 0.25) is 5.89 Å². The summed E-state index contributed by atoms with van der Waals surface area (Å²) in [6.45, 7) is 3.76. The van der Waals surface area contributed by atoms with E-state index in [1.807, 2.05) is 4.90 Å². The summed E-state index contributed by atoms with van der Waals surface area (Å²) in [4.78, 5) is 6.34. The SMILES string of the molecule is Cc1oc(-c2ccc(Cl)cc2)nc1CN1c2ccc(C(O)(C(F)(F)F)C(F)(F)F)cc2CC1C. The molecule has 1 unspecified atom stereocenters. The number of rotatable bonds is 4. The molecule has 0 amide bonds. The Bertz CT molecular complexity index is 1190. The van der Waals surface area contributed by atoms with Crippen LogP contribution in [0.3, 0.4) is 0 Å². The van der Waals surface area contributed by atoms with Gasteiger partial charge in [0.15, 0.2) is 0 Å². The lowest BCUT2D eigenvalue weighted by Gasteiger charge is -2.33. The molecule has 2 heterocycles. The molecule has 1 atom stereocenters. The number of aliphatic hydroxyl groups is 1. The fraction of sp³-hybridized carbons (Fsp3) is 0.348. The molecule has 0 saturated carbocycles. The van der Waals surface area contributed by atoms with Gasteiger partial charge in [-0.2, -0.15) is 26.3 Å². The maximum absolute atomic E-state index is 13.3. The predicted molar refractivity (Wildman–Crippen MR) is 113 cm³/mol. The van der Waals surface area contributed by atoms with Crippen molar-refractivity contribution in [1.29, 1.82) is 0 Å². The number of hydrogen-bond donors (Lipinski definition) is 1. The molecule has 0 saturated heterocycles. The third-order valence-corrected chi connectivity index (χ3v) is 6.23. The molecule has 3 aromatic rings. The molecular weight excluding hydrogens is 486 g/mol. The van der Waals surface area contributed by atoms with E-state index in [2.05, 4.69) is 4.98 Å². The Hall–Kier alpha value is -2.72. The van der Waals surface area contributed by atoms with E-state index >= 15 is 0 Å². The zero-order valence-corrected chi connectivity index (χ0v) is 18.7. The van der Waals surface area contributed by atoms with Crippen molar-refractivity contribution < 1.29 is 35.9 Å². The molecular formula is C23H19ClF6N2O2. The number of alkyl halides is 6. The summed E-state index contributed by atoms with van der Waals surface area (Å²) < 4.78 is 85.4. The number of anilines is 1. The van der Waals surface area contributed by atoms with Crippen LogP contribution in [-0.4, -0.2) is 28.5 Å². The van der Waals surface area contributed by atoms with E-state index in [0.717, 1.165) is 6.07 Å². The number of hydrogen-bond acceptors (Lipinski definition) is 4. The Morgan fingerprint density at radius 2 is 1.68 bits per heavy atom. The zero-order valence-electron chi connectivity index (χ0n) is 17.9. The highest BCUT2D eigenvalue weighted by atomic mass is 35.5. The number of aryl methyl sites for hydroxylation is 1. The normalized spacial score (nSPS) is 16.8. The van der Waals surface area contributed by atoms with Gasteiger partial charge in [-0.15, -0.1) is 0 Å². The lowest BCUT2D eigenvalue weighted by molar-refractivity contribution is -0.376. The van der Waals surface area contributed by atoms with Gasteiger partial charge in [0.25, 0.3) is 5.60 Å². The first kappa shape index (κ1) is 24.4. The molecule has 0 bridgehead atoms. The van der Waals surface area contributed by atoms with Crippen LogP contribution in [0.2, 0.25) is 5.02 Å². The molecule has 34 heavy (non-hydrogen) atoms. The monoisotopic (exact) mass is 504 g/mol. The topological polar surface area (TPSA) is 49.5 Å². The smallest absolute Gasteiger partial charge is 0.430 e. The van der Waals surface area contributed by atoms with Gasteiger partial charge >= 0.3 is 12.4 Å². The highest BCUT2D eigenvalue weighted by Gasteiger charge is 2.71. The van der Waals surface area contributed by atoms with Crippen molar-refractivity contribution in [1.82, 2.24) is 4.98 Å². The largest absolute Gasteiger partial charge is 0.441 e. The first-order valence-corrected chi connectivity index (χ1v) is 10.6. The fourth-order valence-electron chi connectivity index (χ4n) is 4.10. The predicted octanol–water partition coefficient (Wildman–Crippen LogP) is 6.57. The van der Waals surface area contributed by atoms with E-state index in [1.54, 1.807) is 38.1 Å². The number of nitrogens with zero attached hydrogens (tertiary/aromatic N) is 2. The maximum atomic E-state index is 13.3. The van der Waals surface area contributed by atoms with Gasteiger partial charge in [-0.25, -0.2) is 4.98 Å². The lowest BCUT2D eigenvalue weighted by atomic mass is 9.90. The molecule has 0 aliphatic carbocycles. The van der Waals surface area contributed by atoms with Crippen LogP contribution in [0, 0.1) is 6.92 Å². The maximum Gasteiger partial charge on any atom is 0.430 e. The molecule has 0 fully saturated rings. The molecule has 4 nitrogen and oxygen atoms in total. The van der Waals surface area contributed by atoms with Crippen molar-refractivity contribution in [3.8, 4) is 11.5 Å². The number of benzene rings is 2. The van der Waals surface area contributed by atoms with Gasteiger partial charge in [0, 0.05) is 27.9 Å². The molecule has 2 aromatic carbocycles. The lowest BCUT2D eigenvalue weighted by Crippen LogP contribution is -2.53. The molecule has 0 spiro atoms. The van der Waals surface area contributed by atoms with Gasteiger partial charge in [0.1, 0.15) is 11.5 Å². The van der Waals surface area contributed by atoms with Crippen LogP contribution < -0.4 is 4.90 Å².